The molecule has 0 radical (unpaired) electrons. The van der Waals surface area contributed by atoms with Gasteiger partial charge in [0, 0.05) is 5.69 Å². The third kappa shape index (κ3) is 4.04. The van der Waals surface area contributed by atoms with Crippen LogP contribution in [0.4, 0.5) is 5.69 Å². The van der Waals surface area contributed by atoms with Gasteiger partial charge < -0.3 is 14.3 Å². The van der Waals surface area contributed by atoms with Crippen LogP contribution in [0.3, 0.4) is 0 Å². The normalized spacial score (nSPS) is 16.2. The Bertz CT molecular complexity index is 1160. The van der Waals surface area contributed by atoms with E-state index in [0.717, 1.165) is 5.56 Å². The Hall–Kier alpha value is -3.80. The number of anilines is 1. The molecule has 0 aliphatic carbocycles. The van der Waals surface area contributed by atoms with Crippen LogP contribution in [-0.2, 0) is 4.79 Å². The van der Waals surface area contributed by atoms with E-state index in [1.54, 1.807) is 24.3 Å². The standard InChI is InChI=1S/C26H25NO5/c1-16(2)15-32-20-7-4-6-18(14-20)23-22(24(28)21-8-5-13-31-21)25(29)26(30)27(23)19-11-9-17(3)10-12-19/h4-14,16,23,29H,15H2,1-3H3. The number of carbonyl (C=O) groups excluding carboxylic acids is 2. The zero-order valence-electron chi connectivity index (χ0n) is 18.2. The molecule has 164 valence electrons. The Kier molecular flexibility index (Phi) is 5.86. The quantitative estimate of drug-likeness (QED) is 0.506. The molecule has 1 atom stereocenters. The van der Waals surface area contributed by atoms with Crippen molar-refractivity contribution in [2.24, 2.45) is 5.92 Å². The van der Waals surface area contributed by atoms with Crippen LogP contribution in [0.2, 0.25) is 0 Å². The van der Waals surface area contributed by atoms with Gasteiger partial charge in [-0.05, 0) is 54.8 Å². The van der Waals surface area contributed by atoms with Gasteiger partial charge in [-0.25, -0.2) is 0 Å². The van der Waals surface area contributed by atoms with Crippen molar-refractivity contribution in [2.45, 2.75) is 26.8 Å². The first-order valence-electron chi connectivity index (χ1n) is 10.5. The molecule has 4 rings (SSSR count). The van der Waals surface area contributed by atoms with Crippen molar-refractivity contribution in [3.8, 4) is 5.75 Å². The molecule has 1 amide bonds. The van der Waals surface area contributed by atoms with E-state index in [0.29, 0.717) is 29.5 Å². The Morgan fingerprint density at radius 2 is 1.88 bits per heavy atom. The third-order valence-corrected chi connectivity index (χ3v) is 5.27. The van der Waals surface area contributed by atoms with Gasteiger partial charge >= 0.3 is 0 Å². The molecule has 3 aromatic rings. The van der Waals surface area contributed by atoms with E-state index in [2.05, 4.69) is 13.8 Å². The number of hydrogen-bond donors (Lipinski definition) is 1. The predicted molar refractivity (Wildman–Crippen MR) is 121 cm³/mol. The predicted octanol–water partition coefficient (Wildman–Crippen LogP) is 5.41. The molecule has 1 unspecified atom stereocenters. The number of furan rings is 1. The van der Waals surface area contributed by atoms with Gasteiger partial charge in [0.1, 0.15) is 5.75 Å². The molecule has 1 N–H and O–H groups in total. The topological polar surface area (TPSA) is 80.0 Å². The van der Waals surface area contributed by atoms with Crippen molar-refractivity contribution in [2.75, 3.05) is 11.5 Å². The first-order chi connectivity index (χ1) is 15.4. The fraction of sp³-hybridized carbons (Fsp3) is 0.231. The van der Waals surface area contributed by atoms with Crippen LogP contribution in [0.1, 0.15) is 41.6 Å². The van der Waals surface area contributed by atoms with Crippen LogP contribution in [0, 0.1) is 12.8 Å². The monoisotopic (exact) mass is 431 g/mol. The average Bonchev–Trinajstić information content (AvgIpc) is 3.40. The molecular formula is C26H25NO5. The van der Waals surface area contributed by atoms with E-state index in [-0.39, 0.29) is 11.3 Å². The first-order valence-corrected chi connectivity index (χ1v) is 10.5. The van der Waals surface area contributed by atoms with E-state index in [1.165, 1.54) is 17.2 Å². The Morgan fingerprint density at radius 1 is 1.12 bits per heavy atom. The SMILES string of the molecule is Cc1ccc(N2C(=O)C(O)=C(C(=O)c3ccco3)C2c2cccc(OCC(C)C)c2)cc1. The van der Waals surface area contributed by atoms with Gasteiger partial charge in [0.2, 0.25) is 5.78 Å². The number of Topliss-reactive ketones (excluding diaryl/α,β-unsaturated/α-hetero) is 1. The number of hydrogen-bond acceptors (Lipinski definition) is 5. The van der Waals surface area contributed by atoms with Gasteiger partial charge in [-0.2, -0.15) is 0 Å². The van der Waals surface area contributed by atoms with Crippen LogP contribution in [0.5, 0.6) is 5.75 Å². The molecule has 0 saturated heterocycles. The summed E-state index contributed by atoms with van der Waals surface area (Å²) in [6, 6.07) is 16.9. The molecule has 1 aliphatic heterocycles. The van der Waals surface area contributed by atoms with Crippen LogP contribution >= 0.6 is 0 Å². The molecule has 32 heavy (non-hydrogen) atoms. The van der Waals surface area contributed by atoms with Gasteiger partial charge in [0.15, 0.2) is 11.5 Å². The largest absolute Gasteiger partial charge is 0.503 e. The summed E-state index contributed by atoms with van der Waals surface area (Å²) >= 11 is 0. The van der Waals surface area contributed by atoms with Gasteiger partial charge in [-0.3, -0.25) is 14.5 Å². The number of aryl methyl sites for hydroxylation is 1. The molecule has 6 nitrogen and oxygen atoms in total. The van der Waals surface area contributed by atoms with E-state index in [4.69, 9.17) is 9.15 Å². The summed E-state index contributed by atoms with van der Waals surface area (Å²) in [4.78, 5) is 27.9. The molecule has 2 aromatic carbocycles. The number of benzene rings is 2. The van der Waals surface area contributed by atoms with Gasteiger partial charge in [-0.15, -0.1) is 0 Å². The van der Waals surface area contributed by atoms with Crippen molar-refractivity contribution in [3.63, 3.8) is 0 Å². The second-order valence-corrected chi connectivity index (χ2v) is 8.26. The molecule has 1 aliphatic rings. The first kappa shape index (κ1) is 21.4. The van der Waals surface area contributed by atoms with Crippen molar-refractivity contribution in [1.29, 1.82) is 0 Å². The maximum absolute atomic E-state index is 13.3. The second-order valence-electron chi connectivity index (χ2n) is 8.26. The minimum absolute atomic E-state index is 0.0217. The van der Waals surface area contributed by atoms with Crippen molar-refractivity contribution in [1.82, 2.24) is 0 Å². The molecule has 0 saturated carbocycles. The fourth-order valence-corrected chi connectivity index (χ4v) is 3.70. The molecule has 1 aromatic heterocycles. The van der Waals surface area contributed by atoms with Crippen LogP contribution in [0.25, 0.3) is 0 Å². The van der Waals surface area contributed by atoms with Crippen molar-refractivity contribution >= 4 is 17.4 Å². The van der Waals surface area contributed by atoms with Crippen molar-refractivity contribution < 1.29 is 23.8 Å². The Morgan fingerprint density at radius 3 is 2.53 bits per heavy atom. The smallest absolute Gasteiger partial charge is 0.294 e. The number of ether oxygens (including phenoxy) is 1. The van der Waals surface area contributed by atoms with E-state index < -0.39 is 23.5 Å². The summed E-state index contributed by atoms with van der Waals surface area (Å²) < 4.78 is 11.1. The number of nitrogens with zero attached hydrogens (tertiary/aromatic N) is 1. The molecular weight excluding hydrogens is 406 g/mol. The molecule has 0 fully saturated rings. The van der Waals surface area contributed by atoms with E-state index >= 15 is 0 Å². The number of aliphatic hydroxyl groups is 1. The Labute approximate surface area is 186 Å². The lowest BCUT2D eigenvalue weighted by molar-refractivity contribution is -0.117. The molecule has 6 heteroatoms. The van der Waals surface area contributed by atoms with Crippen molar-refractivity contribution in [3.05, 3.63) is 95.1 Å². The number of amides is 1. The summed E-state index contributed by atoms with van der Waals surface area (Å²) in [6.07, 6.45) is 1.38. The number of carbonyl (C=O) groups is 2. The molecule has 0 spiro atoms. The summed E-state index contributed by atoms with van der Waals surface area (Å²) in [5.74, 6) is -0.719. The van der Waals surface area contributed by atoms with Crippen LogP contribution in [-0.4, -0.2) is 23.4 Å². The molecule has 0 bridgehead atoms. The lowest BCUT2D eigenvalue weighted by Crippen LogP contribution is -2.31. The zero-order valence-corrected chi connectivity index (χ0v) is 18.2. The summed E-state index contributed by atoms with van der Waals surface area (Å²) in [5, 5.41) is 10.8. The highest BCUT2D eigenvalue weighted by molar-refractivity contribution is 6.20. The highest BCUT2D eigenvalue weighted by atomic mass is 16.5. The maximum atomic E-state index is 13.3. The highest BCUT2D eigenvalue weighted by Crippen LogP contribution is 2.42. The third-order valence-electron chi connectivity index (χ3n) is 5.27. The summed E-state index contributed by atoms with van der Waals surface area (Å²) in [7, 11) is 0. The summed E-state index contributed by atoms with van der Waals surface area (Å²) in [5.41, 5.74) is 2.24. The van der Waals surface area contributed by atoms with Gasteiger partial charge in [0.05, 0.1) is 24.5 Å². The number of rotatable bonds is 7. The minimum atomic E-state index is -0.828. The van der Waals surface area contributed by atoms with E-state index in [9.17, 15) is 14.7 Å². The zero-order chi connectivity index (χ0) is 22.8. The van der Waals surface area contributed by atoms with Crippen LogP contribution < -0.4 is 9.64 Å². The fourth-order valence-electron chi connectivity index (χ4n) is 3.70. The lowest BCUT2D eigenvalue weighted by atomic mass is 9.94. The average molecular weight is 431 g/mol. The van der Waals surface area contributed by atoms with Gasteiger partial charge in [0.25, 0.3) is 5.91 Å². The van der Waals surface area contributed by atoms with E-state index in [1.807, 2.05) is 37.3 Å². The maximum Gasteiger partial charge on any atom is 0.294 e. The highest BCUT2D eigenvalue weighted by Gasteiger charge is 2.45. The number of aliphatic hydroxyl groups excluding tert-OH is 1. The second kappa shape index (κ2) is 8.75. The Balaban J connectivity index is 1.82. The summed E-state index contributed by atoms with van der Waals surface area (Å²) in [6.45, 7) is 6.59. The van der Waals surface area contributed by atoms with Gasteiger partial charge in [-0.1, -0.05) is 43.7 Å². The van der Waals surface area contributed by atoms with Crippen LogP contribution in [0.15, 0.2) is 82.7 Å². The molecule has 2 heterocycles. The number of ketones is 1. The lowest BCUT2D eigenvalue weighted by Gasteiger charge is -2.27. The minimum Gasteiger partial charge on any atom is -0.503 e.